The second-order valence-electron chi connectivity index (χ2n) is 6.54. The molecule has 2 atom stereocenters. The summed E-state index contributed by atoms with van der Waals surface area (Å²) in [6.45, 7) is 8.14. The van der Waals surface area contributed by atoms with Crippen LogP contribution in [0.4, 0.5) is 0 Å². The Morgan fingerprint density at radius 1 is 1.11 bits per heavy atom. The summed E-state index contributed by atoms with van der Waals surface area (Å²) < 4.78 is 0. The van der Waals surface area contributed by atoms with Gasteiger partial charge in [0, 0.05) is 0 Å². The third-order valence-electron chi connectivity index (χ3n) is 3.49. The standard InChI is InChI=1S/C17H34O2/c1-5-6-7-12-16(18)13-8-10-15(2)11-9-14-17(3,4)19/h8,13,15-16,18-19H,5-7,9-12,14H2,1-4H3/t15-,16?/m0/s1. The first-order chi connectivity index (χ1) is 8.85. The van der Waals surface area contributed by atoms with E-state index < -0.39 is 5.60 Å². The summed E-state index contributed by atoms with van der Waals surface area (Å²) in [4.78, 5) is 0. The molecule has 0 spiro atoms. The number of rotatable bonds is 11. The van der Waals surface area contributed by atoms with Crippen LogP contribution in [-0.2, 0) is 0 Å². The summed E-state index contributed by atoms with van der Waals surface area (Å²) in [5.41, 5.74) is -0.537. The molecule has 0 amide bonds. The van der Waals surface area contributed by atoms with Crippen LogP contribution in [0.5, 0.6) is 0 Å². The molecule has 0 aliphatic rings. The lowest BCUT2D eigenvalue weighted by Crippen LogP contribution is -2.18. The van der Waals surface area contributed by atoms with E-state index in [-0.39, 0.29) is 6.10 Å². The van der Waals surface area contributed by atoms with Crippen LogP contribution in [0.15, 0.2) is 12.2 Å². The molecule has 0 saturated heterocycles. The number of hydrogen-bond donors (Lipinski definition) is 2. The van der Waals surface area contributed by atoms with Crippen molar-refractivity contribution in [2.75, 3.05) is 0 Å². The topological polar surface area (TPSA) is 40.5 Å². The summed E-state index contributed by atoms with van der Waals surface area (Å²) in [7, 11) is 0. The Balaban J connectivity index is 3.62. The smallest absolute Gasteiger partial charge is 0.0720 e. The summed E-state index contributed by atoms with van der Waals surface area (Å²) in [6, 6.07) is 0. The number of aliphatic hydroxyl groups excluding tert-OH is 1. The Hall–Kier alpha value is -0.340. The highest BCUT2D eigenvalue weighted by atomic mass is 16.3. The zero-order valence-electron chi connectivity index (χ0n) is 13.4. The van der Waals surface area contributed by atoms with E-state index in [9.17, 15) is 10.2 Å². The normalized spacial score (nSPS) is 15.9. The Morgan fingerprint density at radius 2 is 1.79 bits per heavy atom. The number of allylic oxidation sites excluding steroid dienone is 1. The highest BCUT2D eigenvalue weighted by Crippen LogP contribution is 2.18. The number of unbranched alkanes of at least 4 members (excludes halogenated alkanes) is 2. The highest BCUT2D eigenvalue weighted by Gasteiger charge is 2.12. The molecule has 2 N–H and O–H groups in total. The van der Waals surface area contributed by atoms with Crippen molar-refractivity contribution in [2.45, 2.75) is 90.8 Å². The first kappa shape index (κ1) is 18.7. The number of hydrogen-bond acceptors (Lipinski definition) is 2. The molecular formula is C17H34O2. The molecule has 1 unspecified atom stereocenters. The van der Waals surface area contributed by atoms with Gasteiger partial charge < -0.3 is 10.2 Å². The lowest BCUT2D eigenvalue weighted by atomic mass is 9.95. The molecule has 0 saturated carbocycles. The quantitative estimate of drug-likeness (QED) is 0.430. The summed E-state index contributed by atoms with van der Waals surface area (Å²) in [5, 5.41) is 19.4. The molecule has 2 nitrogen and oxygen atoms in total. The fraction of sp³-hybridized carbons (Fsp3) is 0.882. The summed E-state index contributed by atoms with van der Waals surface area (Å²) >= 11 is 0. The van der Waals surface area contributed by atoms with E-state index in [0.29, 0.717) is 5.92 Å². The molecular weight excluding hydrogens is 236 g/mol. The van der Waals surface area contributed by atoms with Crippen molar-refractivity contribution in [3.05, 3.63) is 12.2 Å². The third-order valence-corrected chi connectivity index (χ3v) is 3.49. The molecule has 0 fully saturated rings. The predicted molar refractivity (Wildman–Crippen MR) is 83.2 cm³/mol. The van der Waals surface area contributed by atoms with Gasteiger partial charge in [-0.1, -0.05) is 58.1 Å². The fourth-order valence-electron chi connectivity index (χ4n) is 2.17. The maximum atomic E-state index is 9.75. The average Bonchev–Trinajstić information content (AvgIpc) is 2.27. The van der Waals surface area contributed by atoms with Gasteiger partial charge in [0.1, 0.15) is 0 Å². The molecule has 0 aromatic rings. The van der Waals surface area contributed by atoms with Crippen molar-refractivity contribution in [2.24, 2.45) is 5.92 Å². The van der Waals surface area contributed by atoms with Crippen LogP contribution in [0.25, 0.3) is 0 Å². The minimum absolute atomic E-state index is 0.268. The van der Waals surface area contributed by atoms with Crippen molar-refractivity contribution in [1.29, 1.82) is 0 Å². The van der Waals surface area contributed by atoms with E-state index in [2.05, 4.69) is 19.9 Å². The lowest BCUT2D eigenvalue weighted by molar-refractivity contribution is 0.0670. The van der Waals surface area contributed by atoms with E-state index >= 15 is 0 Å². The van der Waals surface area contributed by atoms with Gasteiger partial charge in [-0.25, -0.2) is 0 Å². The third kappa shape index (κ3) is 13.9. The second-order valence-corrected chi connectivity index (χ2v) is 6.54. The van der Waals surface area contributed by atoms with E-state index in [0.717, 1.165) is 38.5 Å². The Morgan fingerprint density at radius 3 is 2.37 bits per heavy atom. The SMILES string of the molecule is CCCCCC(O)C=CC[C@H](C)CCCC(C)(C)O. The van der Waals surface area contributed by atoms with Gasteiger partial charge in [-0.15, -0.1) is 0 Å². The van der Waals surface area contributed by atoms with Gasteiger partial charge in [-0.2, -0.15) is 0 Å². The minimum atomic E-state index is -0.537. The van der Waals surface area contributed by atoms with E-state index in [1.165, 1.54) is 12.8 Å². The van der Waals surface area contributed by atoms with Crippen LogP contribution in [0, 0.1) is 5.92 Å². The van der Waals surface area contributed by atoms with E-state index in [1.807, 2.05) is 19.9 Å². The minimum Gasteiger partial charge on any atom is -0.390 e. The van der Waals surface area contributed by atoms with E-state index in [4.69, 9.17) is 0 Å². The molecule has 0 aliphatic carbocycles. The van der Waals surface area contributed by atoms with Crippen LogP contribution in [0.3, 0.4) is 0 Å². The monoisotopic (exact) mass is 270 g/mol. The van der Waals surface area contributed by atoms with Gasteiger partial charge in [0.05, 0.1) is 11.7 Å². The van der Waals surface area contributed by atoms with Crippen molar-refractivity contribution in [3.8, 4) is 0 Å². The molecule has 0 aromatic heterocycles. The molecule has 0 radical (unpaired) electrons. The van der Waals surface area contributed by atoms with Gasteiger partial charge in [0.25, 0.3) is 0 Å². The lowest BCUT2D eigenvalue weighted by Gasteiger charge is -2.17. The van der Waals surface area contributed by atoms with Crippen LogP contribution < -0.4 is 0 Å². The Kier molecular flexibility index (Phi) is 10.3. The van der Waals surface area contributed by atoms with E-state index in [1.54, 1.807) is 0 Å². The van der Waals surface area contributed by atoms with Crippen LogP contribution in [-0.4, -0.2) is 21.9 Å². The average molecular weight is 270 g/mol. The fourth-order valence-corrected chi connectivity index (χ4v) is 2.17. The molecule has 19 heavy (non-hydrogen) atoms. The van der Waals surface area contributed by atoms with Crippen LogP contribution in [0.2, 0.25) is 0 Å². The molecule has 2 heteroatoms. The van der Waals surface area contributed by atoms with Gasteiger partial charge >= 0.3 is 0 Å². The van der Waals surface area contributed by atoms with Gasteiger partial charge in [-0.3, -0.25) is 0 Å². The number of aliphatic hydroxyl groups is 2. The Labute approximate surface area is 119 Å². The zero-order chi connectivity index (χ0) is 14.7. The zero-order valence-corrected chi connectivity index (χ0v) is 13.4. The van der Waals surface area contributed by atoms with Gasteiger partial charge in [0.2, 0.25) is 0 Å². The maximum Gasteiger partial charge on any atom is 0.0720 e. The van der Waals surface area contributed by atoms with Gasteiger partial charge in [0.15, 0.2) is 0 Å². The predicted octanol–water partition coefficient (Wildman–Crippen LogP) is 4.45. The summed E-state index contributed by atoms with van der Waals surface area (Å²) in [6.07, 6.45) is 12.3. The van der Waals surface area contributed by atoms with Crippen molar-refractivity contribution < 1.29 is 10.2 Å². The maximum absolute atomic E-state index is 9.75. The van der Waals surface area contributed by atoms with Crippen molar-refractivity contribution in [3.63, 3.8) is 0 Å². The van der Waals surface area contributed by atoms with Crippen LogP contribution in [0.1, 0.15) is 79.1 Å². The Bertz CT molecular complexity index is 228. The van der Waals surface area contributed by atoms with Crippen LogP contribution >= 0.6 is 0 Å². The highest BCUT2D eigenvalue weighted by molar-refractivity contribution is 4.89. The molecule has 0 aliphatic heterocycles. The molecule has 0 aromatic carbocycles. The molecule has 0 rings (SSSR count). The largest absolute Gasteiger partial charge is 0.390 e. The first-order valence-electron chi connectivity index (χ1n) is 7.92. The second kappa shape index (κ2) is 10.4. The van der Waals surface area contributed by atoms with Crippen molar-refractivity contribution >= 4 is 0 Å². The van der Waals surface area contributed by atoms with Gasteiger partial charge in [-0.05, 0) is 39.0 Å². The molecule has 0 heterocycles. The molecule has 0 bridgehead atoms. The first-order valence-corrected chi connectivity index (χ1v) is 7.92. The van der Waals surface area contributed by atoms with Crippen molar-refractivity contribution in [1.82, 2.24) is 0 Å². The molecule has 114 valence electrons. The summed E-state index contributed by atoms with van der Waals surface area (Å²) in [5.74, 6) is 0.626.